The summed E-state index contributed by atoms with van der Waals surface area (Å²) in [5.41, 5.74) is 3.67. The van der Waals surface area contributed by atoms with Gasteiger partial charge in [-0.2, -0.15) is 5.10 Å². The number of ether oxygens (including phenoxy) is 1. The first-order valence-electron chi connectivity index (χ1n) is 12.6. The molecule has 0 aliphatic rings. The molecule has 0 fully saturated rings. The Kier molecular flexibility index (Phi) is 7.97. The van der Waals surface area contributed by atoms with Crippen LogP contribution in [-0.4, -0.2) is 32.4 Å². The molecule has 3 aromatic carbocycles. The van der Waals surface area contributed by atoms with E-state index < -0.39 is 6.10 Å². The fourth-order valence-electron chi connectivity index (χ4n) is 4.55. The number of aryl methyl sites for hydroxylation is 1. The summed E-state index contributed by atoms with van der Waals surface area (Å²) in [6.45, 7) is 1.35. The van der Waals surface area contributed by atoms with Crippen LogP contribution in [0.2, 0.25) is 0 Å². The van der Waals surface area contributed by atoms with Crippen molar-refractivity contribution < 1.29 is 18.7 Å². The van der Waals surface area contributed by atoms with Gasteiger partial charge in [0.1, 0.15) is 23.0 Å². The van der Waals surface area contributed by atoms with Crippen LogP contribution in [0.5, 0.6) is 11.6 Å². The largest absolute Gasteiger partial charge is 0.468 e. The number of benzene rings is 3. The zero-order valence-electron chi connectivity index (χ0n) is 21.2. The van der Waals surface area contributed by atoms with Gasteiger partial charge in [0.25, 0.3) is 0 Å². The first-order chi connectivity index (χ1) is 18.5. The third-order valence-electron chi connectivity index (χ3n) is 6.29. The maximum Gasteiger partial charge on any atom is 0.222 e. The normalized spacial score (nSPS) is 12.1. The zero-order chi connectivity index (χ0) is 26.3. The van der Waals surface area contributed by atoms with E-state index in [0.717, 1.165) is 28.1 Å². The van der Waals surface area contributed by atoms with Crippen molar-refractivity contribution in [1.29, 1.82) is 0 Å². The number of aliphatic hydroxyl groups excluding tert-OH is 1. The molecule has 0 aliphatic carbocycles. The van der Waals surface area contributed by atoms with Gasteiger partial charge in [-0.25, -0.2) is 9.07 Å². The molecular formula is C31H30FN3O3. The lowest BCUT2D eigenvalue weighted by Crippen LogP contribution is -2.33. The molecule has 0 amide bonds. The highest BCUT2D eigenvalue weighted by Crippen LogP contribution is 2.34. The number of halogens is 1. The standard InChI is InChI=1S/C31H30FN3O3/c1-34-31(38-27-16-14-25(32)15-17-27)29(30(33-34)24-11-6-3-7-12-24)22-35(21-28-13-8-18-37-28)20-26(36)19-23-9-4-2-5-10-23/h2-18,26,36H,19-22H2,1H3/t26-/m1/s1. The minimum Gasteiger partial charge on any atom is -0.468 e. The summed E-state index contributed by atoms with van der Waals surface area (Å²) in [4.78, 5) is 2.13. The molecule has 0 unspecified atom stereocenters. The minimum absolute atomic E-state index is 0.329. The molecule has 5 aromatic rings. The van der Waals surface area contributed by atoms with Gasteiger partial charge in [0, 0.05) is 25.7 Å². The second kappa shape index (κ2) is 11.9. The Morgan fingerprint density at radius 1 is 0.921 bits per heavy atom. The number of furan rings is 1. The molecule has 0 aliphatic heterocycles. The number of nitrogens with zero attached hydrogens (tertiary/aromatic N) is 3. The summed E-state index contributed by atoms with van der Waals surface area (Å²) in [5, 5.41) is 15.8. The minimum atomic E-state index is -0.592. The molecule has 0 saturated carbocycles. The molecule has 2 aromatic heterocycles. The van der Waals surface area contributed by atoms with E-state index in [2.05, 4.69) is 4.90 Å². The van der Waals surface area contributed by atoms with E-state index in [9.17, 15) is 9.50 Å². The van der Waals surface area contributed by atoms with E-state index >= 15 is 0 Å². The molecule has 1 atom stereocenters. The van der Waals surface area contributed by atoms with Crippen molar-refractivity contribution in [3.63, 3.8) is 0 Å². The Labute approximate surface area is 221 Å². The van der Waals surface area contributed by atoms with Crippen molar-refractivity contribution in [3.05, 3.63) is 126 Å². The highest BCUT2D eigenvalue weighted by molar-refractivity contribution is 5.65. The van der Waals surface area contributed by atoms with Crippen molar-refractivity contribution in [2.24, 2.45) is 7.05 Å². The lowest BCUT2D eigenvalue weighted by Gasteiger charge is -2.25. The average molecular weight is 512 g/mol. The molecule has 0 radical (unpaired) electrons. The van der Waals surface area contributed by atoms with E-state index in [4.69, 9.17) is 14.3 Å². The van der Waals surface area contributed by atoms with Gasteiger partial charge in [-0.3, -0.25) is 4.90 Å². The van der Waals surface area contributed by atoms with Crippen molar-refractivity contribution in [1.82, 2.24) is 14.7 Å². The molecule has 38 heavy (non-hydrogen) atoms. The van der Waals surface area contributed by atoms with Gasteiger partial charge in [-0.15, -0.1) is 0 Å². The predicted molar refractivity (Wildman–Crippen MR) is 144 cm³/mol. The van der Waals surface area contributed by atoms with Crippen molar-refractivity contribution in [2.45, 2.75) is 25.6 Å². The van der Waals surface area contributed by atoms with Crippen molar-refractivity contribution >= 4 is 0 Å². The number of rotatable bonds is 11. The van der Waals surface area contributed by atoms with Gasteiger partial charge < -0.3 is 14.3 Å². The smallest absolute Gasteiger partial charge is 0.222 e. The molecule has 7 heteroatoms. The molecule has 6 nitrogen and oxygen atoms in total. The SMILES string of the molecule is Cn1nc(-c2ccccc2)c(CN(Cc2ccco2)C[C@H](O)Cc2ccccc2)c1Oc1ccc(F)cc1. The lowest BCUT2D eigenvalue weighted by molar-refractivity contribution is 0.0999. The molecule has 2 heterocycles. The summed E-state index contributed by atoms with van der Waals surface area (Å²) in [6, 6.07) is 29.6. The van der Waals surface area contributed by atoms with Crippen LogP contribution >= 0.6 is 0 Å². The van der Waals surface area contributed by atoms with E-state index in [1.54, 1.807) is 23.1 Å². The zero-order valence-corrected chi connectivity index (χ0v) is 21.2. The van der Waals surface area contributed by atoms with E-state index in [0.29, 0.717) is 37.7 Å². The highest BCUT2D eigenvalue weighted by atomic mass is 19.1. The quantitative estimate of drug-likeness (QED) is 0.228. The van der Waals surface area contributed by atoms with Crippen molar-refractivity contribution in [3.8, 4) is 22.9 Å². The van der Waals surface area contributed by atoms with E-state index in [1.165, 1.54) is 12.1 Å². The lowest BCUT2D eigenvalue weighted by atomic mass is 10.1. The Morgan fingerprint density at radius 3 is 2.32 bits per heavy atom. The van der Waals surface area contributed by atoms with Crippen LogP contribution in [0.15, 0.2) is 108 Å². The van der Waals surface area contributed by atoms with Crippen LogP contribution < -0.4 is 4.74 Å². The third kappa shape index (κ3) is 6.37. The summed E-state index contributed by atoms with van der Waals surface area (Å²) in [5.74, 6) is 1.53. The van der Waals surface area contributed by atoms with Gasteiger partial charge in [-0.05, 0) is 48.4 Å². The topological polar surface area (TPSA) is 63.7 Å². The van der Waals surface area contributed by atoms with Gasteiger partial charge in [0.2, 0.25) is 5.88 Å². The van der Waals surface area contributed by atoms with Crippen LogP contribution in [0.3, 0.4) is 0 Å². The van der Waals surface area contributed by atoms with E-state index in [-0.39, 0.29) is 5.82 Å². The Hall–Kier alpha value is -4.20. The van der Waals surface area contributed by atoms with Gasteiger partial charge >= 0.3 is 0 Å². The van der Waals surface area contributed by atoms with Crippen LogP contribution in [0.1, 0.15) is 16.9 Å². The first kappa shape index (κ1) is 25.4. The highest BCUT2D eigenvalue weighted by Gasteiger charge is 2.24. The van der Waals surface area contributed by atoms with Crippen LogP contribution in [0, 0.1) is 5.82 Å². The van der Waals surface area contributed by atoms with Crippen LogP contribution in [-0.2, 0) is 26.6 Å². The maximum absolute atomic E-state index is 13.5. The second-order valence-electron chi connectivity index (χ2n) is 9.27. The summed E-state index contributed by atoms with van der Waals surface area (Å²) in [6.07, 6.45) is 1.59. The molecule has 194 valence electrons. The molecular weight excluding hydrogens is 481 g/mol. The summed E-state index contributed by atoms with van der Waals surface area (Å²) >= 11 is 0. The van der Waals surface area contributed by atoms with Crippen LogP contribution in [0.25, 0.3) is 11.3 Å². The fraction of sp³-hybridized carbons (Fsp3) is 0.194. The first-order valence-corrected chi connectivity index (χ1v) is 12.6. The van der Waals surface area contributed by atoms with Gasteiger partial charge in [-0.1, -0.05) is 60.7 Å². The Balaban J connectivity index is 1.48. The summed E-state index contributed by atoms with van der Waals surface area (Å²) < 4.78 is 27.1. The number of hydrogen-bond donors (Lipinski definition) is 1. The predicted octanol–water partition coefficient (Wildman–Crippen LogP) is 6.22. The third-order valence-corrected chi connectivity index (χ3v) is 6.29. The average Bonchev–Trinajstić information content (AvgIpc) is 3.54. The maximum atomic E-state index is 13.5. The Bertz CT molecular complexity index is 1420. The number of aliphatic hydroxyl groups is 1. The second-order valence-corrected chi connectivity index (χ2v) is 9.27. The Morgan fingerprint density at radius 2 is 1.63 bits per heavy atom. The molecule has 0 bridgehead atoms. The van der Waals surface area contributed by atoms with Crippen LogP contribution in [0.4, 0.5) is 4.39 Å². The van der Waals surface area contributed by atoms with Gasteiger partial charge in [0.15, 0.2) is 0 Å². The summed E-state index contributed by atoms with van der Waals surface area (Å²) in [7, 11) is 1.83. The van der Waals surface area contributed by atoms with Crippen molar-refractivity contribution in [2.75, 3.05) is 6.54 Å². The molecule has 0 saturated heterocycles. The number of aromatic nitrogens is 2. The molecule has 0 spiro atoms. The van der Waals surface area contributed by atoms with Gasteiger partial charge in [0.05, 0.1) is 24.5 Å². The molecule has 1 N–H and O–H groups in total. The fourth-order valence-corrected chi connectivity index (χ4v) is 4.55. The van der Waals surface area contributed by atoms with E-state index in [1.807, 2.05) is 79.8 Å². The number of hydrogen-bond acceptors (Lipinski definition) is 5. The molecule has 5 rings (SSSR count). The monoisotopic (exact) mass is 511 g/mol.